The molecule has 0 unspecified atom stereocenters. The van der Waals surface area contributed by atoms with Crippen molar-refractivity contribution in [3.8, 4) is 5.75 Å². The number of nitrogens with zero attached hydrogens (tertiary/aromatic N) is 1. The first-order chi connectivity index (χ1) is 15.0. The Morgan fingerprint density at radius 1 is 1.15 bits per heavy atom. The summed E-state index contributed by atoms with van der Waals surface area (Å²) in [5, 5.41) is 0.730. The molecule has 0 bridgehead atoms. The van der Waals surface area contributed by atoms with Crippen molar-refractivity contribution in [3.05, 3.63) is 69.1 Å². The molecular formula is C22H26N3NaO6S. The molecule has 1 aromatic heterocycles. The molecule has 1 heterocycles. The van der Waals surface area contributed by atoms with Gasteiger partial charge in [-0.1, -0.05) is 12.1 Å². The van der Waals surface area contributed by atoms with Crippen LogP contribution in [0.5, 0.6) is 5.75 Å². The van der Waals surface area contributed by atoms with Crippen molar-refractivity contribution in [2.75, 3.05) is 25.9 Å². The predicted octanol–water partition coefficient (Wildman–Crippen LogP) is 2.29. The first-order valence-corrected chi connectivity index (χ1v) is 11.3. The van der Waals surface area contributed by atoms with Crippen molar-refractivity contribution in [2.45, 2.75) is 20.3 Å². The van der Waals surface area contributed by atoms with Crippen molar-refractivity contribution in [1.29, 1.82) is 0 Å². The zero-order chi connectivity index (χ0) is 23.6. The van der Waals surface area contributed by atoms with Gasteiger partial charge in [-0.3, -0.25) is 4.72 Å². The quantitative estimate of drug-likeness (QED) is 0.410. The maximum absolute atomic E-state index is 12.7. The number of hydrogen-bond donors (Lipinski definition) is 2. The van der Waals surface area contributed by atoms with Gasteiger partial charge in [0.1, 0.15) is 11.3 Å². The summed E-state index contributed by atoms with van der Waals surface area (Å²) in [6, 6.07) is 10.1. The maximum atomic E-state index is 12.7. The normalized spacial score (nSPS) is 11.1. The average molecular weight is 484 g/mol. The predicted molar refractivity (Wildman–Crippen MR) is 130 cm³/mol. The number of anilines is 1. The summed E-state index contributed by atoms with van der Waals surface area (Å²) < 4.78 is 38.9. The Kier molecular flexibility index (Phi) is 8.72. The van der Waals surface area contributed by atoms with Crippen LogP contribution in [0.4, 0.5) is 10.5 Å². The molecule has 0 aliphatic heterocycles. The van der Waals surface area contributed by atoms with Crippen LogP contribution in [0.1, 0.15) is 22.3 Å². The van der Waals surface area contributed by atoms with Crippen LogP contribution in [-0.4, -0.2) is 70.1 Å². The molecule has 0 fully saturated rings. The van der Waals surface area contributed by atoms with Crippen molar-refractivity contribution in [2.24, 2.45) is 0 Å². The van der Waals surface area contributed by atoms with Crippen molar-refractivity contribution >= 4 is 62.5 Å². The van der Waals surface area contributed by atoms with Crippen LogP contribution in [0, 0.1) is 13.8 Å². The topological polar surface area (TPSA) is 118 Å². The Balaban J connectivity index is 0.00000385. The third-order valence-corrected chi connectivity index (χ3v) is 6.02. The third kappa shape index (κ3) is 6.36. The van der Waals surface area contributed by atoms with E-state index in [2.05, 4.69) is 9.44 Å². The van der Waals surface area contributed by atoms with Crippen molar-refractivity contribution < 1.29 is 22.4 Å². The molecule has 0 aliphatic rings. The molecular weight excluding hydrogens is 457 g/mol. The Bertz CT molecular complexity index is 1350. The van der Waals surface area contributed by atoms with Gasteiger partial charge < -0.3 is 14.1 Å². The van der Waals surface area contributed by atoms with E-state index in [1.165, 1.54) is 18.0 Å². The van der Waals surface area contributed by atoms with Crippen LogP contribution in [0.25, 0.3) is 11.0 Å². The Morgan fingerprint density at radius 3 is 2.48 bits per heavy atom. The van der Waals surface area contributed by atoms with Crippen LogP contribution in [0.2, 0.25) is 0 Å². The Morgan fingerprint density at radius 2 is 1.85 bits per heavy atom. The van der Waals surface area contributed by atoms with Gasteiger partial charge in [0.25, 0.3) is 10.2 Å². The number of fused-ring (bicyclic) bond motifs is 1. The fraction of sp³-hybridized carbons (Fsp3) is 0.273. The van der Waals surface area contributed by atoms with Crippen LogP contribution < -0.4 is 19.8 Å². The van der Waals surface area contributed by atoms with Gasteiger partial charge in [0.2, 0.25) is 0 Å². The number of ether oxygens (including phenoxy) is 1. The molecule has 0 saturated heterocycles. The molecule has 33 heavy (non-hydrogen) atoms. The van der Waals surface area contributed by atoms with Gasteiger partial charge in [-0.2, -0.15) is 8.42 Å². The number of nitrogens with one attached hydrogen (secondary N) is 2. The van der Waals surface area contributed by atoms with Gasteiger partial charge in [-0.05, 0) is 48.7 Å². The Hall–Kier alpha value is -2.37. The van der Waals surface area contributed by atoms with Crippen LogP contribution >= 0.6 is 0 Å². The van der Waals surface area contributed by atoms with Gasteiger partial charge in [-0.15, -0.1) is 0 Å². The second-order valence-electron chi connectivity index (χ2n) is 7.56. The van der Waals surface area contributed by atoms with Gasteiger partial charge in [0.05, 0.1) is 5.69 Å². The molecule has 2 aromatic carbocycles. The summed E-state index contributed by atoms with van der Waals surface area (Å²) in [4.78, 5) is 25.9. The van der Waals surface area contributed by atoms with Crippen LogP contribution in [0.3, 0.4) is 0 Å². The average Bonchev–Trinajstić information content (AvgIpc) is 2.72. The van der Waals surface area contributed by atoms with E-state index in [1.807, 2.05) is 13.0 Å². The zero-order valence-corrected chi connectivity index (χ0v) is 19.3. The van der Waals surface area contributed by atoms with Gasteiger partial charge in [-0.25, -0.2) is 14.3 Å². The number of aryl methyl sites for hydroxylation is 2. The molecule has 0 atom stereocenters. The molecule has 1 amide bonds. The van der Waals surface area contributed by atoms with E-state index >= 15 is 0 Å². The minimum atomic E-state index is -3.65. The van der Waals surface area contributed by atoms with Gasteiger partial charge in [0.15, 0.2) is 0 Å². The van der Waals surface area contributed by atoms with Crippen LogP contribution in [0.15, 0.2) is 45.6 Å². The van der Waals surface area contributed by atoms with E-state index in [0.29, 0.717) is 22.6 Å². The summed E-state index contributed by atoms with van der Waals surface area (Å²) in [5.41, 5.74) is 2.85. The third-order valence-electron chi connectivity index (χ3n) is 4.97. The van der Waals surface area contributed by atoms with Crippen molar-refractivity contribution in [3.63, 3.8) is 0 Å². The molecule has 2 N–H and O–H groups in total. The molecule has 0 saturated carbocycles. The summed E-state index contributed by atoms with van der Waals surface area (Å²) >= 11 is 0. The van der Waals surface area contributed by atoms with Crippen LogP contribution in [-0.2, 0) is 16.6 Å². The zero-order valence-electron chi connectivity index (χ0n) is 18.5. The Labute approximate surface area is 214 Å². The van der Waals surface area contributed by atoms with E-state index in [4.69, 9.17) is 9.15 Å². The number of benzene rings is 2. The number of rotatable bonds is 6. The number of carbonyl (C=O) groups is 1. The van der Waals surface area contributed by atoms with E-state index < -0.39 is 21.9 Å². The number of hydrogen-bond acceptors (Lipinski definition) is 6. The molecule has 11 heteroatoms. The molecule has 3 aromatic rings. The standard InChI is InChI=1S/C22H25N3O6S.Na.H/c1-13-9-17-14(2)18(11-15-7-6-8-16(10-15)24-32(28,29)23-3)21(26)30-20(17)12-19(13)31-22(27)25(4)5;;/h6-10,12,23-24H,11H2,1-5H3;;. The summed E-state index contributed by atoms with van der Waals surface area (Å²) in [7, 11) is 0.815. The first-order valence-electron chi connectivity index (χ1n) is 9.77. The van der Waals surface area contributed by atoms with E-state index in [0.717, 1.165) is 22.1 Å². The second kappa shape index (κ2) is 10.7. The SMILES string of the molecule is CNS(=O)(=O)Nc1cccc(Cc2c(C)c3cc(C)c(OC(=O)N(C)C)cc3oc2=O)c1.[NaH]. The van der Waals surface area contributed by atoms with Crippen molar-refractivity contribution in [1.82, 2.24) is 9.62 Å². The summed E-state index contributed by atoms with van der Waals surface area (Å²) in [5.74, 6) is 0.316. The summed E-state index contributed by atoms with van der Waals surface area (Å²) in [6.45, 7) is 3.63. The van der Waals surface area contributed by atoms with Gasteiger partial charge in [0, 0.05) is 44.6 Å². The molecule has 0 aliphatic carbocycles. The molecule has 0 spiro atoms. The molecule has 3 rings (SSSR count). The molecule has 172 valence electrons. The fourth-order valence-electron chi connectivity index (χ4n) is 3.18. The number of carbonyl (C=O) groups excluding carboxylic acids is 1. The van der Waals surface area contributed by atoms with E-state index in [1.54, 1.807) is 45.3 Å². The minimum absolute atomic E-state index is 0. The molecule has 9 nitrogen and oxygen atoms in total. The van der Waals surface area contributed by atoms with E-state index in [9.17, 15) is 18.0 Å². The first kappa shape index (κ1) is 26.9. The monoisotopic (exact) mass is 483 g/mol. The summed E-state index contributed by atoms with van der Waals surface area (Å²) in [6.07, 6.45) is -0.271. The fourth-order valence-corrected chi connectivity index (χ4v) is 3.72. The van der Waals surface area contributed by atoms with Gasteiger partial charge >= 0.3 is 41.3 Å². The van der Waals surface area contributed by atoms with E-state index in [-0.39, 0.29) is 36.0 Å². The number of amides is 1. The molecule has 0 radical (unpaired) electrons. The second-order valence-corrected chi connectivity index (χ2v) is 9.18.